The highest BCUT2D eigenvalue weighted by Gasteiger charge is 2.59. The third-order valence-electron chi connectivity index (χ3n) is 5.52. The van der Waals surface area contributed by atoms with Crippen LogP contribution in [-0.2, 0) is 9.59 Å². The molecule has 1 fully saturated rings. The molecule has 4 rings (SSSR count). The van der Waals surface area contributed by atoms with Crippen LogP contribution in [0.3, 0.4) is 0 Å². The Morgan fingerprint density at radius 1 is 1.04 bits per heavy atom. The summed E-state index contributed by atoms with van der Waals surface area (Å²) in [4.78, 5) is 23.3. The minimum absolute atomic E-state index is 0.119. The lowest BCUT2D eigenvalue weighted by atomic mass is 9.76. The molecule has 1 aliphatic heterocycles. The molecule has 26 heavy (non-hydrogen) atoms. The summed E-state index contributed by atoms with van der Waals surface area (Å²) in [6.45, 7) is 0. The lowest BCUT2D eigenvalue weighted by Crippen LogP contribution is -2.52. The first-order valence-electron chi connectivity index (χ1n) is 8.52. The molecule has 0 bridgehead atoms. The van der Waals surface area contributed by atoms with Crippen molar-refractivity contribution in [2.75, 3.05) is 0 Å². The number of hydrogen-bond donors (Lipinski definition) is 3. The van der Waals surface area contributed by atoms with E-state index in [1.807, 2.05) is 48.5 Å². The fraction of sp³-hybridized carbons (Fsp3) is 0.300. The van der Waals surface area contributed by atoms with Gasteiger partial charge in [-0.2, -0.15) is 0 Å². The van der Waals surface area contributed by atoms with Crippen LogP contribution < -0.4 is 10.5 Å². The van der Waals surface area contributed by atoms with Gasteiger partial charge in [0, 0.05) is 23.0 Å². The van der Waals surface area contributed by atoms with E-state index in [4.69, 9.17) is 10.5 Å². The Bertz CT molecular complexity index is 850. The number of aliphatic carboxylic acids is 2. The third kappa shape index (κ3) is 2.54. The van der Waals surface area contributed by atoms with E-state index in [0.717, 1.165) is 11.1 Å². The number of nitrogens with two attached hydrogens (primary N) is 1. The van der Waals surface area contributed by atoms with Crippen LogP contribution in [0.2, 0.25) is 0 Å². The van der Waals surface area contributed by atoms with E-state index in [0.29, 0.717) is 17.9 Å². The minimum atomic E-state index is -1.61. The van der Waals surface area contributed by atoms with Crippen molar-refractivity contribution in [3.8, 4) is 11.5 Å². The maximum Gasteiger partial charge on any atom is 0.324 e. The summed E-state index contributed by atoms with van der Waals surface area (Å²) in [5.74, 6) is -2.33. The number of carboxylic acid groups (broad SMARTS) is 2. The Kier molecular flexibility index (Phi) is 3.73. The second-order valence-electron chi connectivity index (χ2n) is 7.07. The SMILES string of the molecule is NC(CC1c2ccccc2Oc2ccccc21)(C(=O)O)C1C[C@@H]1C(=O)O. The normalized spacial score (nSPS) is 23.1. The van der Waals surface area contributed by atoms with Gasteiger partial charge in [-0.15, -0.1) is 0 Å². The number of para-hydroxylation sites is 2. The first kappa shape index (κ1) is 16.6. The number of benzene rings is 2. The van der Waals surface area contributed by atoms with E-state index in [-0.39, 0.29) is 12.3 Å². The summed E-state index contributed by atoms with van der Waals surface area (Å²) >= 11 is 0. The van der Waals surface area contributed by atoms with Crippen molar-refractivity contribution in [3.63, 3.8) is 0 Å². The molecule has 0 spiro atoms. The van der Waals surface area contributed by atoms with E-state index in [2.05, 4.69) is 0 Å². The molecule has 1 saturated carbocycles. The lowest BCUT2D eigenvalue weighted by Gasteiger charge is -2.34. The minimum Gasteiger partial charge on any atom is -0.481 e. The van der Waals surface area contributed by atoms with E-state index in [1.165, 1.54) is 0 Å². The standard InChI is InChI=1S/C20H19NO5/c21-20(19(24)25,15-9-13(15)18(22)23)10-14-11-5-1-3-7-16(11)26-17-8-4-2-6-12(14)17/h1-8,13-15H,9-10,21H2,(H,22,23)(H,24,25)/t13-,15?,20?/m0/s1. The second-order valence-corrected chi connectivity index (χ2v) is 7.07. The molecular weight excluding hydrogens is 334 g/mol. The molecule has 2 aromatic carbocycles. The first-order chi connectivity index (χ1) is 12.4. The van der Waals surface area contributed by atoms with Crippen LogP contribution in [0.5, 0.6) is 11.5 Å². The number of rotatable bonds is 5. The summed E-state index contributed by atoms with van der Waals surface area (Å²) in [6, 6.07) is 15.0. The molecular formula is C20H19NO5. The van der Waals surface area contributed by atoms with Crippen LogP contribution in [0.1, 0.15) is 29.9 Å². The molecule has 2 aliphatic rings. The summed E-state index contributed by atoms with van der Waals surface area (Å²) in [5.41, 5.74) is 6.45. The molecule has 0 aromatic heterocycles. The van der Waals surface area contributed by atoms with Crippen molar-refractivity contribution in [1.82, 2.24) is 0 Å². The highest BCUT2D eigenvalue weighted by molar-refractivity contribution is 5.83. The van der Waals surface area contributed by atoms with Crippen molar-refractivity contribution in [3.05, 3.63) is 59.7 Å². The van der Waals surface area contributed by atoms with Gasteiger partial charge in [-0.05, 0) is 25.0 Å². The number of fused-ring (bicyclic) bond motifs is 2. The highest BCUT2D eigenvalue weighted by Crippen LogP contribution is 2.53. The zero-order valence-electron chi connectivity index (χ0n) is 14.0. The molecule has 134 valence electrons. The van der Waals surface area contributed by atoms with Crippen LogP contribution >= 0.6 is 0 Å². The van der Waals surface area contributed by atoms with Crippen LogP contribution in [-0.4, -0.2) is 27.7 Å². The number of ether oxygens (including phenoxy) is 1. The topological polar surface area (TPSA) is 110 Å². The average Bonchev–Trinajstić information content (AvgIpc) is 3.43. The lowest BCUT2D eigenvalue weighted by molar-refractivity contribution is -0.145. The van der Waals surface area contributed by atoms with Crippen molar-refractivity contribution in [2.45, 2.75) is 24.3 Å². The third-order valence-corrected chi connectivity index (χ3v) is 5.52. The quantitative estimate of drug-likeness (QED) is 0.762. The smallest absolute Gasteiger partial charge is 0.324 e. The molecule has 0 radical (unpaired) electrons. The number of carboxylic acids is 2. The molecule has 3 atom stereocenters. The van der Waals surface area contributed by atoms with Gasteiger partial charge in [0.1, 0.15) is 17.0 Å². The van der Waals surface area contributed by atoms with Gasteiger partial charge in [0.25, 0.3) is 0 Å². The molecule has 0 amide bonds. The van der Waals surface area contributed by atoms with Gasteiger partial charge >= 0.3 is 11.9 Å². The highest BCUT2D eigenvalue weighted by atomic mass is 16.5. The van der Waals surface area contributed by atoms with Crippen molar-refractivity contribution in [2.24, 2.45) is 17.6 Å². The fourth-order valence-corrected chi connectivity index (χ4v) is 4.00. The summed E-state index contributed by atoms with van der Waals surface area (Å²) in [7, 11) is 0. The molecule has 4 N–H and O–H groups in total. The van der Waals surface area contributed by atoms with Gasteiger partial charge in [0.2, 0.25) is 0 Å². The first-order valence-corrected chi connectivity index (χ1v) is 8.52. The maximum atomic E-state index is 12.0. The molecule has 2 unspecified atom stereocenters. The van der Waals surface area contributed by atoms with Gasteiger partial charge < -0.3 is 20.7 Å². The number of carbonyl (C=O) groups is 2. The molecule has 1 aliphatic carbocycles. The van der Waals surface area contributed by atoms with Crippen LogP contribution in [0.4, 0.5) is 0 Å². The average molecular weight is 353 g/mol. The summed E-state index contributed by atoms with van der Waals surface area (Å²) in [6.07, 6.45) is 0.415. The molecule has 6 nitrogen and oxygen atoms in total. The van der Waals surface area contributed by atoms with Crippen LogP contribution in [0.25, 0.3) is 0 Å². The molecule has 6 heteroatoms. The Labute approximate surface area is 150 Å². The van der Waals surface area contributed by atoms with Crippen molar-refractivity contribution < 1.29 is 24.5 Å². The van der Waals surface area contributed by atoms with Gasteiger partial charge in [-0.3, -0.25) is 9.59 Å². The monoisotopic (exact) mass is 353 g/mol. The predicted molar refractivity (Wildman–Crippen MR) is 93.2 cm³/mol. The van der Waals surface area contributed by atoms with E-state index < -0.39 is 29.3 Å². The second kappa shape index (κ2) is 5.85. The molecule has 1 heterocycles. The van der Waals surface area contributed by atoms with Crippen molar-refractivity contribution >= 4 is 11.9 Å². The maximum absolute atomic E-state index is 12.0. The van der Waals surface area contributed by atoms with Gasteiger partial charge in [0.05, 0.1) is 5.92 Å². The molecule has 2 aromatic rings. The fourth-order valence-electron chi connectivity index (χ4n) is 4.00. The Balaban J connectivity index is 1.75. The van der Waals surface area contributed by atoms with Crippen molar-refractivity contribution in [1.29, 1.82) is 0 Å². The van der Waals surface area contributed by atoms with Gasteiger partial charge in [0.15, 0.2) is 0 Å². The van der Waals surface area contributed by atoms with Crippen LogP contribution in [0, 0.1) is 11.8 Å². The van der Waals surface area contributed by atoms with E-state index in [1.54, 1.807) is 0 Å². The van der Waals surface area contributed by atoms with Crippen LogP contribution in [0.15, 0.2) is 48.5 Å². The Morgan fingerprint density at radius 3 is 2.04 bits per heavy atom. The van der Waals surface area contributed by atoms with Gasteiger partial charge in [-0.25, -0.2) is 0 Å². The van der Waals surface area contributed by atoms with E-state index in [9.17, 15) is 19.8 Å². The molecule has 0 saturated heterocycles. The Morgan fingerprint density at radius 2 is 1.58 bits per heavy atom. The Hall–Kier alpha value is -2.86. The zero-order valence-corrected chi connectivity index (χ0v) is 14.0. The summed E-state index contributed by atoms with van der Waals surface area (Å²) in [5, 5.41) is 19.0. The number of hydrogen-bond acceptors (Lipinski definition) is 4. The summed E-state index contributed by atoms with van der Waals surface area (Å²) < 4.78 is 5.94. The predicted octanol–water partition coefficient (Wildman–Crippen LogP) is 2.82. The van der Waals surface area contributed by atoms with E-state index >= 15 is 0 Å². The van der Waals surface area contributed by atoms with Gasteiger partial charge in [-0.1, -0.05) is 36.4 Å². The largest absolute Gasteiger partial charge is 0.481 e. The zero-order chi connectivity index (χ0) is 18.5.